The van der Waals surface area contributed by atoms with Crippen LogP contribution in [-0.2, 0) is 0 Å². The maximum Gasteiger partial charge on any atom is 0.355 e. The fourth-order valence-corrected chi connectivity index (χ4v) is 3.24. The second-order valence-corrected chi connectivity index (χ2v) is 6.27. The molecule has 0 unspecified atom stereocenters. The van der Waals surface area contributed by atoms with Crippen molar-refractivity contribution in [1.82, 2.24) is 4.98 Å². The number of carboxylic acids is 1. The number of benzene rings is 2. The number of thiazole rings is 1. The summed E-state index contributed by atoms with van der Waals surface area (Å²) in [6.45, 7) is 3.16. The Labute approximate surface area is 161 Å². The molecule has 0 aliphatic carbocycles. The van der Waals surface area contributed by atoms with Gasteiger partial charge in [0.1, 0.15) is 24.0 Å². The first-order valence-corrected chi connectivity index (χ1v) is 9.32. The van der Waals surface area contributed by atoms with E-state index >= 15 is 0 Å². The number of carboxylic acid groups (broad SMARTS) is 1. The summed E-state index contributed by atoms with van der Waals surface area (Å²) in [6, 6.07) is 14.9. The Kier molecular flexibility index (Phi) is 6.27. The number of hydrogen-bond donors (Lipinski definition) is 1. The predicted octanol–water partition coefficient (Wildman–Crippen LogP) is 4.36. The van der Waals surface area contributed by atoms with Crippen molar-refractivity contribution < 1.29 is 24.1 Å². The first-order chi connectivity index (χ1) is 13.2. The number of ether oxygens (including phenoxy) is 3. The molecule has 140 valence electrons. The van der Waals surface area contributed by atoms with Crippen LogP contribution in [-0.4, -0.2) is 35.9 Å². The van der Waals surface area contributed by atoms with Crippen molar-refractivity contribution in [3.8, 4) is 27.8 Å². The Morgan fingerprint density at radius 3 is 2.19 bits per heavy atom. The molecule has 27 heavy (non-hydrogen) atoms. The highest BCUT2D eigenvalue weighted by Crippen LogP contribution is 2.32. The number of aromatic carboxylic acids is 1. The zero-order chi connectivity index (χ0) is 19.1. The Morgan fingerprint density at radius 1 is 0.963 bits per heavy atom. The SMILES string of the molecule is CCOc1ccccc1OCCOc1ccccc1-c1nc(C(=O)O)cs1. The summed E-state index contributed by atoms with van der Waals surface area (Å²) in [5.41, 5.74) is 0.783. The van der Waals surface area contributed by atoms with Crippen molar-refractivity contribution in [2.45, 2.75) is 6.92 Å². The molecular weight excluding hydrogens is 366 g/mol. The fourth-order valence-electron chi connectivity index (χ4n) is 2.41. The summed E-state index contributed by atoms with van der Waals surface area (Å²) in [7, 11) is 0. The Hall–Kier alpha value is -3.06. The van der Waals surface area contributed by atoms with Crippen molar-refractivity contribution >= 4 is 17.3 Å². The molecule has 0 aliphatic heterocycles. The zero-order valence-corrected chi connectivity index (χ0v) is 15.6. The topological polar surface area (TPSA) is 77.9 Å². The largest absolute Gasteiger partial charge is 0.490 e. The molecule has 0 fully saturated rings. The van der Waals surface area contributed by atoms with E-state index in [0.29, 0.717) is 42.1 Å². The third-order valence-electron chi connectivity index (χ3n) is 3.59. The highest BCUT2D eigenvalue weighted by atomic mass is 32.1. The molecule has 1 heterocycles. The van der Waals surface area contributed by atoms with Crippen LogP contribution in [0.3, 0.4) is 0 Å². The van der Waals surface area contributed by atoms with Crippen LogP contribution in [0.5, 0.6) is 17.2 Å². The summed E-state index contributed by atoms with van der Waals surface area (Å²) in [5, 5.41) is 11.2. The number of para-hydroxylation sites is 3. The van der Waals surface area contributed by atoms with Gasteiger partial charge in [-0.15, -0.1) is 11.3 Å². The van der Waals surface area contributed by atoms with Gasteiger partial charge in [0.2, 0.25) is 0 Å². The predicted molar refractivity (Wildman–Crippen MR) is 103 cm³/mol. The first kappa shape index (κ1) is 18.7. The number of carbonyl (C=O) groups is 1. The summed E-state index contributed by atoms with van der Waals surface area (Å²) >= 11 is 1.27. The van der Waals surface area contributed by atoms with Crippen LogP contribution in [0, 0.1) is 0 Å². The first-order valence-electron chi connectivity index (χ1n) is 8.44. The van der Waals surface area contributed by atoms with Crippen molar-refractivity contribution in [3.05, 3.63) is 59.6 Å². The molecule has 0 bridgehead atoms. The van der Waals surface area contributed by atoms with Gasteiger partial charge in [-0.05, 0) is 31.2 Å². The third-order valence-corrected chi connectivity index (χ3v) is 4.46. The molecular formula is C20H19NO5S. The molecule has 0 saturated carbocycles. The van der Waals surface area contributed by atoms with Crippen LogP contribution in [0.15, 0.2) is 53.9 Å². The molecule has 1 aromatic heterocycles. The summed E-state index contributed by atoms with van der Waals surface area (Å²) in [4.78, 5) is 15.2. The number of rotatable bonds is 9. The van der Waals surface area contributed by atoms with Crippen molar-refractivity contribution in [1.29, 1.82) is 0 Å². The average Bonchev–Trinajstić information content (AvgIpc) is 3.17. The lowest BCUT2D eigenvalue weighted by molar-refractivity contribution is 0.0691. The summed E-state index contributed by atoms with van der Waals surface area (Å²) < 4.78 is 17.1. The summed E-state index contributed by atoms with van der Waals surface area (Å²) in [6.07, 6.45) is 0. The lowest BCUT2D eigenvalue weighted by Gasteiger charge is -2.13. The quantitative estimate of drug-likeness (QED) is 0.551. The van der Waals surface area contributed by atoms with E-state index in [4.69, 9.17) is 19.3 Å². The van der Waals surface area contributed by atoms with E-state index in [1.165, 1.54) is 16.7 Å². The second kappa shape index (κ2) is 9.05. The molecule has 0 radical (unpaired) electrons. The monoisotopic (exact) mass is 385 g/mol. The van der Waals surface area contributed by atoms with E-state index in [2.05, 4.69) is 4.98 Å². The van der Waals surface area contributed by atoms with Crippen molar-refractivity contribution in [3.63, 3.8) is 0 Å². The number of hydrogen-bond acceptors (Lipinski definition) is 6. The van der Waals surface area contributed by atoms with E-state index in [1.54, 1.807) is 0 Å². The fraction of sp³-hybridized carbons (Fsp3) is 0.200. The minimum atomic E-state index is -1.04. The van der Waals surface area contributed by atoms with E-state index in [1.807, 2.05) is 55.5 Å². The van der Waals surface area contributed by atoms with Gasteiger partial charge in [0.05, 0.1) is 12.2 Å². The molecule has 3 aromatic rings. The van der Waals surface area contributed by atoms with Gasteiger partial charge < -0.3 is 19.3 Å². The van der Waals surface area contributed by atoms with Gasteiger partial charge in [0, 0.05) is 5.38 Å². The normalized spacial score (nSPS) is 10.4. The molecule has 0 aliphatic rings. The van der Waals surface area contributed by atoms with Crippen LogP contribution < -0.4 is 14.2 Å². The van der Waals surface area contributed by atoms with E-state index in [9.17, 15) is 4.79 Å². The molecule has 0 amide bonds. The minimum absolute atomic E-state index is 0.0284. The van der Waals surface area contributed by atoms with Crippen LogP contribution in [0.4, 0.5) is 0 Å². The molecule has 3 rings (SSSR count). The second-order valence-electron chi connectivity index (χ2n) is 5.42. The Morgan fingerprint density at radius 2 is 1.56 bits per heavy atom. The maximum atomic E-state index is 11.0. The Bertz CT molecular complexity index is 909. The molecule has 7 heteroatoms. The van der Waals surface area contributed by atoms with Crippen molar-refractivity contribution in [2.24, 2.45) is 0 Å². The molecule has 0 spiro atoms. The van der Waals surface area contributed by atoms with Gasteiger partial charge in [0.25, 0.3) is 0 Å². The molecule has 0 saturated heterocycles. The number of aromatic nitrogens is 1. The van der Waals surface area contributed by atoms with Gasteiger partial charge in [-0.1, -0.05) is 24.3 Å². The van der Waals surface area contributed by atoms with Gasteiger partial charge in [-0.2, -0.15) is 0 Å². The number of nitrogens with zero attached hydrogens (tertiary/aromatic N) is 1. The molecule has 0 atom stereocenters. The van der Waals surface area contributed by atoms with Crippen LogP contribution >= 0.6 is 11.3 Å². The Balaban J connectivity index is 1.63. The lowest BCUT2D eigenvalue weighted by atomic mass is 10.2. The van der Waals surface area contributed by atoms with E-state index < -0.39 is 5.97 Å². The highest BCUT2D eigenvalue weighted by Gasteiger charge is 2.13. The standard InChI is InChI=1S/C20H19NO5S/c1-2-24-17-9-5-6-10-18(17)26-12-11-25-16-8-4-3-7-14(16)19-21-15(13-27-19)20(22)23/h3-10,13H,2,11-12H2,1H3,(H,22,23). The van der Waals surface area contributed by atoms with Crippen molar-refractivity contribution in [2.75, 3.05) is 19.8 Å². The maximum absolute atomic E-state index is 11.0. The minimum Gasteiger partial charge on any atom is -0.490 e. The molecule has 1 N–H and O–H groups in total. The zero-order valence-electron chi connectivity index (χ0n) is 14.8. The lowest BCUT2D eigenvalue weighted by Crippen LogP contribution is -2.10. The average molecular weight is 385 g/mol. The molecule has 2 aromatic carbocycles. The smallest absolute Gasteiger partial charge is 0.355 e. The van der Waals surface area contributed by atoms with E-state index in [-0.39, 0.29) is 5.69 Å². The summed E-state index contributed by atoms with van der Waals surface area (Å²) in [5.74, 6) is 0.953. The van der Waals surface area contributed by atoms with Crippen LogP contribution in [0.2, 0.25) is 0 Å². The van der Waals surface area contributed by atoms with Gasteiger partial charge in [-0.25, -0.2) is 9.78 Å². The van der Waals surface area contributed by atoms with Gasteiger partial charge >= 0.3 is 5.97 Å². The van der Waals surface area contributed by atoms with Gasteiger partial charge in [0.15, 0.2) is 17.2 Å². The van der Waals surface area contributed by atoms with Gasteiger partial charge in [-0.3, -0.25) is 0 Å². The van der Waals surface area contributed by atoms with Crippen LogP contribution in [0.1, 0.15) is 17.4 Å². The van der Waals surface area contributed by atoms with E-state index in [0.717, 1.165) is 5.56 Å². The molecule has 6 nitrogen and oxygen atoms in total. The highest BCUT2D eigenvalue weighted by molar-refractivity contribution is 7.13. The third kappa shape index (κ3) is 4.77. The van der Waals surface area contributed by atoms with Crippen LogP contribution in [0.25, 0.3) is 10.6 Å².